The van der Waals surface area contributed by atoms with Gasteiger partial charge in [-0.15, -0.1) is 0 Å². The molecule has 1 heterocycles. The van der Waals surface area contributed by atoms with Crippen molar-refractivity contribution < 1.29 is 9.53 Å². The molecule has 5 heteroatoms. The fraction of sp³-hybridized carbons (Fsp3) is 0.636. The Bertz CT molecular complexity index is 389. The van der Waals surface area contributed by atoms with Gasteiger partial charge in [-0.1, -0.05) is 11.6 Å². The number of methoxy groups -OCH3 is 1. The van der Waals surface area contributed by atoms with Crippen LogP contribution in [-0.2, 0) is 16.1 Å². The van der Waals surface area contributed by atoms with Crippen LogP contribution in [0.2, 0.25) is 5.02 Å². The highest BCUT2D eigenvalue weighted by Crippen LogP contribution is 2.34. The molecular formula is C11H15ClN2O2. The molecule has 0 spiro atoms. The van der Waals surface area contributed by atoms with Crippen LogP contribution in [0, 0.1) is 0 Å². The number of rotatable bonds is 4. The van der Waals surface area contributed by atoms with E-state index in [2.05, 4.69) is 5.10 Å². The summed E-state index contributed by atoms with van der Waals surface area (Å²) in [6.07, 6.45) is 4.11. The minimum atomic E-state index is -0.0631. The third kappa shape index (κ3) is 2.13. The number of hydrogen-bond acceptors (Lipinski definition) is 3. The molecule has 1 fully saturated rings. The average molecular weight is 243 g/mol. The van der Waals surface area contributed by atoms with Gasteiger partial charge in [0, 0.05) is 13.5 Å². The van der Waals surface area contributed by atoms with Gasteiger partial charge in [0.2, 0.25) is 0 Å². The minimum absolute atomic E-state index is 0.0631. The summed E-state index contributed by atoms with van der Waals surface area (Å²) in [7, 11) is 1.64. The SMILES string of the molecule is COCCn1ncc(Cl)c1C1CCCC1=O. The van der Waals surface area contributed by atoms with E-state index in [1.807, 2.05) is 0 Å². The summed E-state index contributed by atoms with van der Waals surface area (Å²) in [5, 5.41) is 4.78. The van der Waals surface area contributed by atoms with Crippen LogP contribution in [0.4, 0.5) is 0 Å². The molecule has 1 saturated carbocycles. The van der Waals surface area contributed by atoms with Crippen molar-refractivity contribution in [2.24, 2.45) is 0 Å². The summed E-state index contributed by atoms with van der Waals surface area (Å²) in [6, 6.07) is 0. The summed E-state index contributed by atoms with van der Waals surface area (Å²) < 4.78 is 6.80. The van der Waals surface area contributed by atoms with Crippen molar-refractivity contribution in [3.63, 3.8) is 0 Å². The molecular weight excluding hydrogens is 228 g/mol. The van der Waals surface area contributed by atoms with Gasteiger partial charge in [-0.25, -0.2) is 0 Å². The number of carbonyl (C=O) groups is 1. The normalized spacial score (nSPS) is 20.6. The molecule has 1 aromatic rings. The van der Waals surface area contributed by atoms with E-state index in [9.17, 15) is 4.79 Å². The molecule has 0 amide bonds. The Labute approximate surface area is 99.5 Å². The maximum atomic E-state index is 11.7. The fourth-order valence-electron chi connectivity index (χ4n) is 2.18. The predicted octanol–water partition coefficient (Wildman–Crippen LogP) is 2.02. The van der Waals surface area contributed by atoms with Gasteiger partial charge in [-0.05, 0) is 12.8 Å². The van der Waals surface area contributed by atoms with Gasteiger partial charge in [0.15, 0.2) is 0 Å². The van der Waals surface area contributed by atoms with Crippen LogP contribution in [0.3, 0.4) is 0 Å². The lowest BCUT2D eigenvalue weighted by Crippen LogP contribution is -2.15. The predicted molar refractivity (Wildman–Crippen MR) is 60.7 cm³/mol. The molecule has 0 aromatic carbocycles. The zero-order valence-corrected chi connectivity index (χ0v) is 10.0. The minimum Gasteiger partial charge on any atom is -0.383 e. The van der Waals surface area contributed by atoms with Crippen molar-refractivity contribution in [3.05, 3.63) is 16.9 Å². The van der Waals surface area contributed by atoms with E-state index >= 15 is 0 Å². The number of ketones is 1. The average Bonchev–Trinajstić information content (AvgIpc) is 2.82. The van der Waals surface area contributed by atoms with E-state index in [4.69, 9.17) is 16.3 Å². The van der Waals surface area contributed by atoms with Crippen molar-refractivity contribution in [3.8, 4) is 0 Å². The molecule has 16 heavy (non-hydrogen) atoms. The Morgan fingerprint density at radius 3 is 3.12 bits per heavy atom. The fourth-order valence-corrected chi connectivity index (χ4v) is 2.45. The van der Waals surface area contributed by atoms with Crippen LogP contribution < -0.4 is 0 Å². The molecule has 0 bridgehead atoms. The van der Waals surface area contributed by atoms with Crippen LogP contribution >= 0.6 is 11.6 Å². The second-order valence-electron chi connectivity index (χ2n) is 4.00. The molecule has 1 aromatic heterocycles. The second-order valence-corrected chi connectivity index (χ2v) is 4.41. The molecule has 0 N–H and O–H groups in total. The molecule has 1 unspecified atom stereocenters. The second kappa shape index (κ2) is 4.97. The monoisotopic (exact) mass is 242 g/mol. The number of hydrogen-bond donors (Lipinski definition) is 0. The molecule has 0 aliphatic heterocycles. The number of nitrogens with zero attached hydrogens (tertiary/aromatic N) is 2. The lowest BCUT2D eigenvalue weighted by molar-refractivity contribution is -0.118. The standard InChI is InChI=1S/C11H15ClN2O2/c1-16-6-5-14-11(9(12)7-13-14)8-3-2-4-10(8)15/h7-8H,2-6H2,1H3. The molecule has 0 saturated heterocycles. The van der Waals surface area contributed by atoms with Crippen LogP contribution in [0.5, 0.6) is 0 Å². The number of carbonyl (C=O) groups excluding carboxylic acids is 1. The first-order chi connectivity index (χ1) is 7.74. The highest BCUT2D eigenvalue weighted by molar-refractivity contribution is 6.31. The molecule has 88 valence electrons. The summed E-state index contributed by atoms with van der Waals surface area (Å²) >= 11 is 6.09. The Morgan fingerprint density at radius 1 is 1.69 bits per heavy atom. The van der Waals surface area contributed by atoms with Crippen LogP contribution in [0.15, 0.2) is 6.20 Å². The highest BCUT2D eigenvalue weighted by atomic mass is 35.5. The van der Waals surface area contributed by atoms with Gasteiger partial charge in [0.1, 0.15) is 5.78 Å². The summed E-state index contributed by atoms with van der Waals surface area (Å²) in [5.74, 6) is 0.216. The third-order valence-corrected chi connectivity index (χ3v) is 3.27. The van der Waals surface area contributed by atoms with E-state index in [1.54, 1.807) is 18.0 Å². The topological polar surface area (TPSA) is 44.1 Å². The first-order valence-corrected chi connectivity index (χ1v) is 5.84. The molecule has 4 nitrogen and oxygen atoms in total. The molecule has 1 atom stereocenters. The lowest BCUT2D eigenvalue weighted by atomic mass is 10.0. The Hall–Kier alpha value is -0.870. The van der Waals surface area contributed by atoms with E-state index < -0.39 is 0 Å². The third-order valence-electron chi connectivity index (χ3n) is 2.98. The molecule has 2 rings (SSSR count). The van der Waals surface area contributed by atoms with E-state index in [0.717, 1.165) is 18.5 Å². The maximum Gasteiger partial charge on any atom is 0.141 e. The van der Waals surface area contributed by atoms with Crippen molar-refractivity contribution in [2.45, 2.75) is 31.7 Å². The van der Waals surface area contributed by atoms with Crippen LogP contribution in [-0.4, -0.2) is 29.3 Å². The van der Waals surface area contributed by atoms with Gasteiger partial charge >= 0.3 is 0 Å². The Kier molecular flexibility index (Phi) is 3.61. The Morgan fingerprint density at radius 2 is 2.50 bits per heavy atom. The van der Waals surface area contributed by atoms with Crippen LogP contribution in [0.25, 0.3) is 0 Å². The van der Waals surface area contributed by atoms with Crippen LogP contribution in [0.1, 0.15) is 30.9 Å². The number of ether oxygens (including phenoxy) is 1. The van der Waals surface area contributed by atoms with Crippen molar-refractivity contribution in [2.75, 3.05) is 13.7 Å². The first-order valence-electron chi connectivity index (χ1n) is 5.47. The van der Waals surface area contributed by atoms with Crippen molar-refractivity contribution >= 4 is 17.4 Å². The van der Waals surface area contributed by atoms with Gasteiger partial charge in [0.25, 0.3) is 0 Å². The summed E-state index contributed by atoms with van der Waals surface area (Å²) in [4.78, 5) is 11.7. The van der Waals surface area contributed by atoms with Crippen molar-refractivity contribution in [1.29, 1.82) is 0 Å². The van der Waals surface area contributed by atoms with E-state index in [1.165, 1.54) is 0 Å². The molecule has 1 aliphatic carbocycles. The number of aromatic nitrogens is 2. The quantitative estimate of drug-likeness (QED) is 0.812. The summed E-state index contributed by atoms with van der Waals surface area (Å²) in [5.41, 5.74) is 0.862. The number of halogens is 1. The van der Waals surface area contributed by atoms with Gasteiger partial charge in [0.05, 0.1) is 36.0 Å². The van der Waals surface area contributed by atoms with Crippen molar-refractivity contribution in [1.82, 2.24) is 9.78 Å². The zero-order chi connectivity index (χ0) is 11.5. The number of Topliss-reactive ketones (excluding diaryl/α,β-unsaturated/α-hetero) is 1. The molecule has 0 radical (unpaired) electrons. The van der Waals surface area contributed by atoms with E-state index in [-0.39, 0.29) is 11.7 Å². The van der Waals surface area contributed by atoms with Gasteiger partial charge in [-0.2, -0.15) is 5.10 Å². The van der Waals surface area contributed by atoms with E-state index in [0.29, 0.717) is 24.6 Å². The largest absolute Gasteiger partial charge is 0.383 e. The first kappa shape index (κ1) is 11.6. The Balaban J connectivity index is 2.23. The van der Waals surface area contributed by atoms with Gasteiger partial charge in [-0.3, -0.25) is 9.48 Å². The highest BCUT2D eigenvalue weighted by Gasteiger charge is 2.30. The summed E-state index contributed by atoms with van der Waals surface area (Å²) in [6.45, 7) is 1.22. The lowest BCUT2D eigenvalue weighted by Gasteiger charge is -2.12. The maximum absolute atomic E-state index is 11.7. The molecule has 1 aliphatic rings. The zero-order valence-electron chi connectivity index (χ0n) is 9.28. The van der Waals surface area contributed by atoms with Gasteiger partial charge < -0.3 is 4.74 Å². The smallest absolute Gasteiger partial charge is 0.141 e.